The van der Waals surface area contributed by atoms with Crippen molar-refractivity contribution in [1.29, 1.82) is 0 Å². The number of nitrogens with zero attached hydrogens (tertiary/aromatic N) is 4. The number of fused-ring (bicyclic) bond motifs is 1. The molecule has 2 N–H and O–H groups in total. The zero-order chi connectivity index (χ0) is 23.5. The third kappa shape index (κ3) is 4.74. The van der Waals surface area contributed by atoms with E-state index in [-0.39, 0.29) is 5.91 Å². The number of hydrogen-bond acceptors (Lipinski definition) is 4. The van der Waals surface area contributed by atoms with Crippen LogP contribution >= 0.6 is 0 Å². The largest absolute Gasteiger partial charge is 0.344 e. The number of aromatic nitrogens is 4. The lowest BCUT2D eigenvalue weighted by Crippen LogP contribution is -2.11. The van der Waals surface area contributed by atoms with E-state index < -0.39 is 0 Å². The Bertz CT molecular complexity index is 1430. The van der Waals surface area contributed by atoms with Gasteiger partial charge in [0.25, 0.3) is 5.91 Å². The van der Waals surface area contributed by atoms with Gasteiger partial charge in [-0.3, -0.25) is 9.48 Å². The van der Waals surface area contributed by atoms with E-state index in [1.165, 1.54) is 5.56 Å². The quantitative estimate of drug-likeness (QED) is 0.374. The van der Waals surface area contributed by atoms with Crippen LogP contribution in [-0.2, 0) is 13.1 Å². The van der Waals surface area contributed by atoms with Crippen LogP contribution in [0.2, 0.25) is 0 Å². The van der Waals surface area contributed by atoms with Gasteiger partial charge in [-0.15, -0.1) is 0 Å². The van der Waals surface area contributed by atoms with E-state index in [9.17, 15) is 4.79 Å². The Hall–Kier alpha value is -4.23. The highest BCUT2D eigenvalue weighted by molar-refractivity contribution is 6.08. The molecule has 3 heterocycles. The first-order valence-corrected chi connectivity index (χ1v) is 11.1. The molecule has 0 bridgehead atoms. The summed E-state index contributed by atoms with van der Waals surface area (Å²) in [6.07, 6.45) is 6.98. The predicted octanol–water partition coefficient (Wildman–Crippen LogP) is 4.79. The topological polar surface area (TPSA) is 78.8 Å². The number of carbonyl (C=O) groups is 1. The zero-order valence-corrected chi connectivity index (χ0v) is 19.2. The number of anilines is 1. The van der Waals surface area contributed by atoms with Crippen molar-refractivity contribution >= 4 is 22.6 Å². The van der Waals surface area contributed by atoms with Crippen LogP contribution in [-0.4, -0.2) is 44.7 Å². The van der Waals surface area contributed by atoms with Gasteiger partial charge in [0.05, 0.1) is 24.0 Å². The summed E-state index contributed by atoms with van der Waals surface area (Å²) in [6, 6.07) is 20.5. The van der Waals surface area contributed by atoms with Crippen LogP contribution in [0.25, 0.3) is 22.2 Å². The monoisotopic (exact) mass is 450 g/mol. The summed E-state index contributed by atoms with van der Waals surface area (Å²) in [5.74, 6) is -0.210. The second-order valence-electron chi connectivity index (χ2n) is 8.63. The molecule has 7 nitrogen and oxygen atoms in total. The lowest BCUT2D eigenvalue weighted by Gasteiger charge is -2.11. The van der Waals surface area contributed by atoms with E-state index in [4.69, 9.17) is 0 Å². The van der Waals surface area contributed by atoms with Crippen molar-refractivity contribution in [1.82, 2.24) is 24.6 Å². The first-order chi connectivity index (χ1) is 16.5. The minimum Gasteiger partial charge on any atom is -0.344 e. The average molecular weight is 451 g/mol. The van der Waals surface area contributed by atoms with Gasteiger partial charge in [-0.1, -0.05) is 48.5 Å². The van der Waals surface area contributed by atoms with E-state index in [1.54, 1.807) is 23.3 Å². The van der Waals surface area contributed by atoms with Crippen molar-refractivity contribution in [2.75, 3.05) is 19.4 Å². The van der Waals surface area contributed by atoms with Gasteiger partial charge in [0.1, 0.15) is 5.65 Å². The molecule has 0 atom stereocenters. The van der Waals surface area contributed by atoms with E-state index >= 15 is 0 Å². The van der Waals surface area contributed by atoms with Gasteiger partial charge >= 0.3 is 0 Å². The fourth-order valence-corrected chi connectivity index (χ4v) is 4.01. The van der Waals surface area contributed by atoms with E-state index in [0.29, 0.717) is 17.8 Å². The van der Waals surface area contributed by atoms with Gasteiger partial charge in [-0.05, 0) is 42.9 Å². The molecule has 34 heavy (non-hydrogen) atoms. The Labute approximate surface area is 198 Å². The lowest BCUT2D eigenvalue weighted by atomic mass is 10.0. The standard InChI is InChI=1S/C27H26N6O/c1-32(2)16-20-9-6-10-21(11-20)22-12-24-25(15-29-26(24)28-13-22)31-27(34)23-14-30-33(18-23)17-19-7-4-3-5-8-19/h3-15,18H,16-17H2,1-2H3,(H,28,29)(H,31,34). The molecule has 0 aliphatic heterocycles. The number of H-pyrrole nitrogens is 1. The number of benzene rings is 2. The highest BCUT2D eigenvalue weighted by atomic mass is 16.1. The first-order valence-electron chi connectivity index (χ1n) is 11.1. The summed E-state index contributed by atoms with van der Waals surface area (Å²) in [5, 5.41) is 8.20. The zero-order valence-electron chi connectivity index (χ0n) is 19.2. The van der Waals surface area contributed by atoms with Crippen molar-refractivity contribution < 1.29 is 4.79 Å². The average Bonchev–Trinajstić information content (AvgIpc) is 3.46. The van der Waals surface area contributed by atoms with Crippen LogP contribution in [0.4, 0.5) is 5.69 Å². The maximum absolute atomic E-state index is 12.9. The number of aromatic amines is 1. The molecule has 0 aliphatic carbocycles. The smallest absolute Gasteiger partial charge is 0.258 e. The predicted molar refractivity (Wildman–Crippen MR) is 135 cm³/mol. The Morgan fingerprint density at radius 3 is 2.65 bits per heavy atom. The molecule has 170 valence electrons. The molecule has 0 aliphatic rings. The molecule has 3 aromatic heterocycles. The molecule has 0 spiro atoms. The Balaban J connectivity index is 1.36. The number of carbonyl (C=O) groups excluding carboxylic acids is 1. The minimum atomic E-state index is -0.210. The molecule has 1 amide bonds. The lowest BCUT2D eigenvalue weighted by molar-refractivity contribution is 0.102. The molecule has 5 rings (SSSR count). The van der Waals surface area contributed by atoms with Crippen LogP contribution < -0.4 is 5.32 Å². The Kier molecular flexibility index (Phi) is 5.93. The third-order valence-electron chi connectivity index (χ3n) is 5.62. The van der Waals surface area contributed by atoms with Gasteiger partial charge in [-0.2, -0.15) is 5.10 Å². The molecule has 0 radical (unpaired) electrons. The third-order valence-corrected chi connectivity index (χ3v) is 5.62. The summed E-state index contributed by atoms with van der Waals surface area (Å²) < 4.78 is 1.76. The van der Waals surface area contributed by atoms with Crippen molar-refractivity contribution in [2.45, 2.75) is 13.1 Å². The minimum absolute atomic E-state index is 0.210. The van der Waals surface area contributed by atoms with Gasteiger partial charge in [0.15, 0.2) is 0 Å². The molecule has 0 saturated carbocycles. The fourth-order valence-electron chi connectivity index (χ4n) is 4.01. The number of nitrogens with one attached hydrogen (secondary N) is 2. The van der Waals surface area contributed by atoms with E-state index in [1.807, 2.05) is 36.5 Å². The fraction of sp³-hybridized carbons (Fsp3) is 0.148. The molecule has 5 aromatic rings. The van der Waals surface area contributed by atoms with Crippen molar-refractivity contribution in [3.63, 3.8) is 0 Å². The van der Waals surface area contributed by atoms with Crippen LogP contribution in [0.5, 0.6) is 0 Å². The summed E-state index contributed by atoms with van der Waals surface area (Å²) in [5.41, 5.74) is 6.37. The second-order valence-corrected chi connectivity index (χ2v) is 8.63. The molecule has 2 aromatic carbocycles. The van der Waals surface area contributed by atoms with Gasteiger partial charge in [-0.25, -0.2) is 4.98 Å². The molecule has 0 saturated heterocycles. The van der Waals surface area contributed by atoms with Gasteiger partial charge < -0.3 is 15.2 Å². The van der Waals surface area contributed by atoms with Crippen molar-refractivity contribution in [3.05, 3.63) is 102 Å². The van der Waals surface area contributed by atoms with Crippen LogP contribution in [0.3, 0.4) is 0 Å². The summed E-state index contributed by atoms with van der Waals surface area (Å²) in [7, 11) is 4.11. The van der Waals surface area contributed by atoms with Crippen LogP contribution in [0, 0.1) is 0 Å². The summed E-state index contributed by atoms with van der Waals surface area (Å²) >= 11 is 0. The molecule has 7 heteroatoms. The Morgan fingerprint density at radius 1 is 1.00 bits per heavy atom. The highest BCUT2D eigenvalue weighted by Gasteiger charge is 2.14. The first kappa shape index (κ1) is 21.6. The Morgan fingerprint density at radius 2 is 1.82 bits per heavy atom. The van der Waals surface area contributed by atoms with Crippen molar-refractivity contribution in [2.24, 2.45) is 0 Å². The normalized spacial score (nSPS) is 11.3. The number of hydrogen-bond donors (Lipinski definition) is 2. The van der Waals surface area contributed by atoms with E-state index in [0.717, 1.165) is 34.3 Å². The molecular weight excluding hydrogens is 424 g/mol. The van der Waals surface area contributed by atoms with E-state index in [2.05, 4.69) is 69.7 Å². The SMILES string of the molecule is CN(C)Cc1cccc(-c2cnc3[nH]cc(NC(=O)c4cnn(Cc5ccccc5)c4)c3c2)c1. The number of pyridine rings is 1. The van der Waals surface area contributed by atoms with Gasteiger partial charge in [0.2, 0.25) is 0 Å². The van der Waals surface area contributed by atoms with Crippen LogP contribution in [0.15, 0.2) is 85.5 Å². The summed E-state index contributed by atoms with van der Waals surface area (Å²) in [4.78, 5) is 22.8. The van der Waals surface area contributed by atoms with Crippen LogP contribution in [0.1, 0.15) is 21.5 Å². The molecule has 0 unspecified atom stereocenters. The molecular formula is C27H26N6O. The maximum Gasteiger partial charge on any atom is 0.258 e. The molecule has 0 fully saturated rings. The summed E-state index contributed by atoms with van der Waals surface area (Å²) in [6.45, 7) is 1.48. The second kappa shape index (κ2) is 9.33. The maximum atomic E-state index is 12.9. The number of rotatable bonds is 7. The highest BCUT2D eigenvalue weighted by Crippen LogP contribution is 2.28. The van der Waals surface area contributed by atoms with Crippen molar-refractivity contribution in [3.8, 4) is 11.1 Å². The van der Waals surface area contributed by atoms with Gasteiger partial charge in [0, 0.05) is 36.1 Å². The number of amides is 1.